The normalized spacial score (nSPS) is 52.1. The van der Waals surface area contributed by atoms with E-state index in [1.54, 1.807) is 13.8 Å². The number of fused-ring (bicyclic) bond motifs is 2. The molecule has 4 heteroatoms. The van der Waals surface area contributed by atoms with E-state index in [1.165, 1.54) is 0 Å². The molecule has 4 atom stereocenters. The maximum absolute atomic E-state index is 11.6. The van der Waals surface area contributed by atoms with Crippen molar-refractivity contribution in [2.24, 2.45) is 17.1 Å². The number of nitrogens with two attached hydrogens (primary N) is 1. The molecule has 82 valence electrons. The maximum Gasteiger partial charge on any atom is 0.227 e. The Labute approximate surface area is 88.5 Å². The molecule has 2 heterocycles. The monoisotopic (exact) mass is 209 g/mol. The highest BCUT2D eigenvalue weighted by Crippen LogP contribution is 2.59. The lowest BCUT2D eigenvalue weighted by atomic mass is 9.61. The second-order valence-corrected chi connectivity index (χ2v) is 4.91. The molecule has 2 bridgehead atoms. The average molecular weight is 209 g/mol. The van der Waals surface area contributed by atoms with Gasteiger partial charge in [0.2, 0.25) is 5.91 Å². The zero-order valence-corrected chi connectivity index (χ0v) is 9.11. The van der Waals surface area contributed by atoms with Gasteiger partial charge < -0.3 is 15.3 Å². The van der Waals surface area contributed by atoms with Gasteiger partial charge in [0.25, 0.3) is 0 Å². The van der Waals surface area contributed by atoms with Gasteiger partial charge in [-0.25, -0.2) is 0 Å². The first-order chi connectivity index (χ1) is 6.80. The van der Waals surface area contributed by atoms with Crippen LogP contribution in [0, 0.1) is 11.3 Å². The van der Waals surface area contributed by atoms with Crippen molar-refractivity contribution in [2.45, 2.75) is 32.0 Å². The molecule has 0 aromatic heterocycles. The van der Waals surface area contributed by atoms with Gasteiger partial charge >= 0.3 is 0 Å². The van der Waals surface area contributed by atoms with Crippen molar-refractivity contribution < 1.29 is 14.3 Å². The maximum atomic E-state index is 11.6. The average Bonchev–Trinajstić information content (AvgIpc) is 2.51. The third-order valence-corrected chi connectivity index (χ3v) is 4.08. The number of aldehydes is 1. The zero-order chi connectivity index (χ0) is 11.5. The van der Waals surface area contributed by atoms with Crippen LogP contribution in [0.5, 0.6) is 0 Å². The predicted molar refractivity (Wildman–Crippen MR) is 53.9 cm³/mol. The third kappa shape index (κ3) is 0.905. The smallest absolute Gasteiger partial charge is 0.227 e. The Hall–Kier alpha value is -1.16. The van der Waals surface area contributed by atoms with E-state index in [-0.39, 0.29) is 0 Å². The van der Waals surface area contributed by atoms with Gasteiger partial charge in [0.15, 0.2) is 0 Å². The minimum Gasteiger partial charge on any atom is -0.369 e. The number of ether oxygens (including phenoxy) is 1. The lowest BCUT2D eigenvalue weighted by Gasteiger charge is -2.37. The van der Waals surface area contributed by atoms with Gasteiger partial charge in [-0.15, -0.1) is 0 Å². The minimum absolute atomic E-state index is 0.491. The van der Waals surface area contributed by atoms with Crippen molar-refractivity contribution in [1.29, 1.82) is 0 Å². The Morgan fingerprint density at radius 2 is 2.00 bits per heavy atom. The van der Waals surface area contributed by atoms with Gasteiger partial charge in [0.1, 0.15) is 6.29 Å². The summed E-state index contributed by atoms with van der Waals surface area (Å²) in [5.41, 5.74) is 3.00. The lowest BCUT2D eigenvalue weighted by Crippen LogP contribution is -2.53. The summed E-state index contributed by atoms with van der Waals surface area (Å²) in [6.07, 6.45) is 4.45. The fourth-order valence-corrected chi connectivity index (χ4v) is 2.85. The topological polar surface area (TPSA) is 69.4 Å². The number of hydrogen-bond acceptors (Lipinski definition) is 3. The largest absolute Gasteiger partial charge is 0.369 e. The molecular weight excluding hydrogens is 194 g/mol. The Morgan fingerprint density at radius 3 is 2.40 bits per heavy atom. The lowest BCUT2D eigenvalue weighted by molar-refractivity contribution is -0.137. The Morgan fingerprint density at radius 1 is 1.40 bits per heavy atom. The quantitative estimate of drug-likeness (QED) is 0.529. The van der Waals surface area contributed by atoms with Crippen LogP contribution in [0.15, 0.2) is 12.2 Å². The molecule has 2 rings (SSSR count). The standard InChI is InChI=1S/C11H15NO3/c1-9-4-5-10(2,15-9)11(3,8(12)14)7(9)6-13/h4-7H,1-3H3,(H2,12,14). The van der Waals surface area contributed by atoms with E-state index < -0.39 is 28.4 Å². The molecule has 15 heavy (non-hydrogen) atoms. The van der Waals surface area contributed by atoms with Crippen LogP contribution in [0.2, 0.25) is 0 Å². The highest BCUT2D eigenvalue weighted by atomic mass is 16.5. The SMILES string of the molecule is CC12C=CC(C)(O1)C(C)(C(N)=O)C2C=O. The Kier molecular flexibility index (Phi) is 1.73. The molecule has 4 unspecified atom stereocenters. The minimum atomic E-state index is -0.960. The van der Waals surface area contributed by atoms with E-state index in [2.05, 4.69) is 0 Å². The first-order valence-corrected chi connectivity index (χ1v) is 4.96. The summed E-state index contributed by atoms with van der Waals surface area (Å²) in [5.74, 6) is -1.01. The predicted octanol–water partition coefficient (Wildman–Crippen LogP) is 0.410. The van der Waals surface area contributed by atoms with E-state index in [0.717, 1.165) is 6.29 Å². The summed E-state index contributed by atoms with van der Waals surface area (Å²) < 4.78 is 5.78. The van der Waals surface area contributed by atoms with Gasteiger partial charge in [0, 0.05) is 0 Å². The van der Waals surface area contributed by atoms with E-state index in [0.29, 0.717) is 0 Å². The van der Waals surface area contributed by atoms with E-state index in [4.69, 9.17) is 10.5 Å². The number of amides is 1. The molecular formula is C11H15NO3. The van der Waals surface area contributed by atoms with E-state index >= 15 is 0 Å². The molecule has 0 radical (unpaired) electrons. The number of carbonyl (C=O) groups excluding carboxylic acids is 2. The Balaban J connectivity index is 2.62. The second kappa shape index (κ2) is 2.50. The number of carbonyl (C=O) groups is 2. The van der Waals surface area contributed by atoms with E-state index in [9.17, 15) is 9.59 Å². The molecule has 1 amide bonds. The van der Waals surface area contributed by atoms with Crippen molar-refractivity contribution in [3.8, 4) is 0 Å². The number of hydrogen-bond donors (Lipinski definition) is 1. The van der Waals surface area contributed by atoms with Crippen molar-refractivity contribution in [3.63, 3.8) is 0 Å². The molecule has 0 saturated carbocycles. The summed E-state index contributed by atoms with van der Waals surface area (Å²) in [5, 5.41) is 0. The summed E-state index contributed by atoms with van der Waals surface area (Å²) in [6, 6.07) is 0. The van der Waals surface area contributed by atoms with Crippen molar-refractivity contribution in [3.05, 3.63) is 12.2 Å². The fraction of sp³-hybridized carbons (Fsp3) is 0.636. The van der Waals surface area contributed by atoms with Crippen LogP contribution < -0.4 is 5.73 Å². The fourth-order valence-electron chi connectivity index (χ4n) is 2.85. The van der Waals surface area contributed by atoms with Crippen LogP contribution in [0.4, 0.5) is 0 Å². The molecule has 0 spiro atoms. The zero-order valence-electron chi connectivity index (χ0n) is 9.11. The second-order valence-electron chi connectivity index (χ2n) is 4.91. The van der Waals surface area contributed by atoms with Crippen LogP contribution in [-0.2, 0) is 14.3 Å². The molecule has 2 aliphatic heterocycles. The molecule has 1 saturated heterocycles. The van der Waals surface area contributed by atoms with Crippen LogP contribution in [0.3, 0.4) is 0 Å². The molecule has 1 fully saturated rings. The van der Waals surface area contributed by atoms with Crippen LogP contribution >= 0.6 is 0 Å². The van der Waals surface area contributed by atoms with Crippen molar-refractivity contribution in [1.82, 2.24) is 0 Å². The highest BCUT2D eigenvalue weighted by Gasteiger charge is 2.69. The summed E-state index contributed by atoms with van der Waals surface area (Å²) in [7, 11) is 0. The first kappa shape index (κ1) is 10.4. The van der Waals surface area contributed by atoms with Crippen LogP contribution in [0.25, 0.3) is 0 Å². The van der Waals surface area contributed by atoms with E-state index in [1.807, 2.05) is 19.1 Å². The molecule has 0 aliphatic carbocycles. The van der Waals surface area contributed by atoms with Crippen LogP contribution in [0.1, 0.15) is 20.8 Å². The first-order valence-electron chi connectivity index (χ1n) is 4.96. The highest BCUT2D eigenvalue weighted by molar-refractivity contribution is 5.88. The van der Waals surface area contributed by atoms with Gasteiger partial charge in [-0.05, 0) is 20.8 Å². The number of primary amides is 1. The third-order valence-electron chi connectivity index (χ3n) is 4.08. The van der Waals surface area contributed by atoms with Gasteiger partial charge in [-0.2, -0.15) is 0 Å². The van der Waals surface area contributed by atoms with Gasteiger partial charge in [0.05, 0.1) is 22.5 Å². The number of rotatable bonds is 2. The molecule has 0 aromatic rings. The van der Waals surface area contributed by atoms with Crippen molar-refractivity contribution >= 4 is 12.2 Å². The van der Waals surface area contributed by atoms with Gasteiger partial charge in [-0.1, -0.05) is 12.2 Å². The van der Waals surface area contributed by atoms with Gasteiger partial charge in [-0.3, -0.25) is 4.79 Å². The molecule has 4 nitrogen and oxygen atoms in total. The summed E-state index contributed by atoms with van der Waals surface area (Å²) in [4.78, 5) is 22.7. The molecule has 0 aromatic carbocycles. The summed E-state index contributed by atoms with van der Waals surface area (Å²) >= 11 is 0. The molecule has 2 N–H and O–H groups in total. The van der Waals surface area contributed by atoms with Crippen molar-refractivity contribution in [2.75, 3.05) is 0 Å². The van der Waals surface area contributed by atoms with Crippen LogP contribution in [-0.4, -0.2) is 23.4 Å². The Bertz CT molecular complexity index is 378. The summed E-state index contributed by atoms with van der Waals surface area (Å²) in [6.45, 7) is 5.30. The molecule has 2 aliphatic rings.